The quantitative estimate of drug-likeness (QED) is 0.620. The average molecular weight is 227 g/mol. The molecule has 0 aromatic carbocycles. The molecule has 1 aliphatic carbocycles. The first-order valence-electron chi connectivity index (χ1n) is 5.98. The lowest BCUT2D eigenvalue weighted by molar-refractivity contribution is 0.432. The molecule has 1 atom stereocenters. The molecule has 1 unspecified atom stereocenters. The third-order valence-corrected chi connectivity index (χ3v) is 3.87. The van der Waals surface area contributed by atoms with Crippen LogP contribution in [-0.4, -0.2) is 15.3 Å². The summed E-state index contributed by atoms with van der Waals surface area (Å²) < 4.78 is 0. The van der Waals surface area contributed by atoms with E-state index in [1.165, 1.54) is 38.5 Å². The van der Waals surface area contributed by atoms with Gasteiger partial charge >= 0.3 is 0 Å². The summed E-state index contributed by atoms with van der Waals surface area (Å²) in [6.07, 6.45) is 12.6. The maximum Gasteiger partial charge on any atom is 0.107 e. The summed E-state index contributed by atoms with van der Waals surface area (Å²) in [4.78, 5) is 7.36. The molecule has 0 saturated heterocycles. The van der Waals surface area contributed by atoms with Crippen LogP contribution >= 0.6 is 11.6 Å². The normalized spacial score (nSPS) is 21.1. The number of hydrogen-bond donors (Lipinski definition) is 1. The van der Waals surface area contributed by atoms with Gasteiger partial charge in [-0.05, 0) is 18.8 Å². The van der Waals surface area contributed by atoms with Crippen LogP contribution < -0.4 is 0 Å². The van der Waals surface area contributed by atoms with E-state index in [0.717, 1.165) is 12.2 Å². The molecule has 0 aliphatic heterocycles. The molecule has 0 radical (unpaired) electrons. The number of nitrogens with one attached hydrogen (secondary N) is 1. The highest BCUT2D eigenvalue weighted by Crippen LogP contribution is 2.29. The zero-order chi connectivity index (χ0) is 10.5. The summed E-state index contributed by atoms with van der Waals surface area (Å²) >= 11 is 6.46. The van der Waals surface area contributed by atoms with Crippen molar-refractivity contribution in [3.8, 4) is 0 Å². The summed E-state index contributed by atoms with van der Waals surface area (Å²) in [5, 5.41) is 0.259. The predicted molar refractivity (Wildman–Crippen MR) is 63.1 cm³/mol. The standard InChI is InChI=1S/C12H19ClN2/c13-11(9-12-14-7-8-15-12)10-5-3-1-2-4-6-10/h7-8,10-11H,1-6,9H2,(H,14,15). The number of rotatable bonds is 3. The molecular formula is C12H19ClN2. The fourth-order valence-electron chi connectivity index (χ4n) is 2.43. The van der Waals surface area contributed by atoms with Crippen molar-refractivity contribution in [1.82, 2.24) is 9.97 Å². The lowest BCUT2D eigenvalue weighted by Crippen LogP contribution is -2.17. The minimum Gasteiger partial charge on any atom is -0.349 e. The van der Waals surface area contributed by atoms with Gasteiger partial charge in [0.2, 0.25) is 0 Å². The fourth-order valence-corrected chi connectivity index (χ4v) is 2.83. The van der Waals surface area contributed by atoms with Crippen molar-refractivity contribution in [3.05, 3.63) is 18.2 Å². The van der Waals surface area contributed by atoms with E-state index in [-0.39, 0.29) is 5.38 Å². The Labute approximate surface area is 96.4 Å². The topological polar surface area (TPSA) is 28.7 Å². The van der Waals surface area contributed by atoms with E-state index in [9.17, 15) is 0 Å². The Bertz CT molecular complexity index is 263. The van der Waals surface area contributed by atoms with E-state index in [0.29, 0.717) is 5.92 Å². The van der Waals surface area contributed by atoms with Crippen molar-refractivity contribution in [1.29, 1.82) is 0 Å². The first-order valence-corrected chi connectivity index (χ1v) is 6.42. The third-order valence-electron chi connectivity index (χ3n) is 3.35. The molecule has 1 fully saturated rings. The van der Waals surface area contributed by atoms with Crippen molar-refractivity contribution in [2.45, 2.75) is 50.3 Å². The van der Waals surface area contributed by atoms with Crippen molar-refractivity contribution in [2.24, 2.45) is 5.92 Å². The molecule has 1 aromatic rings. The average Bonchev–Trinajstić information content (AvgIpc) is 2.58. The number of aromatic amines is 1. The second kappa shape index (κ2) is 5.55. The molecule has 84 valence electrons. The number of nitrogens with zero attached hydrogens (tertiary/aromatic N) is 1. The van der Waals surface area contributed by atoms with Crippen LogP contribution in [0.4, 0.5) is 0 Å². The summed E-state index contributed by atoms with van der Waals surface area (Å²) in [6, 6.07) is 0. The molecule has 1 saturated carbocycles. The first kappa shape index (κ1) is 11.0. The largest absolute Gasteiger partial charge is 0.349 e. The molecular weight excluding hydrogens is 208 g/mol. The summed E-state index contributed by atoms with van der Waals surface area (Å²) in [6.45, 7) is 0. The molecule has 1 aromatic heterocycles. The number of imidazole rings is 1. The smallest absolute Gasteiger partial charge is 0.107 e. The van der Waals surface area contributed by atoms with E-state index in [1.807, 2.05) is 6.20 Å². The monoisotopic (exact) mass is 226 g/mol. The van der Waals surface area contributed by atoms with Crippen LogP contribution in [0.5, 0.6) is 0 Å². The highest BCUT2D eigenvalue weighted by atomic mass is 35.5. The lowest BCUT2D eigenvalue weighted by atomic mass is 9.94. The van der Waals surface area contributed by atoms with Gasteiger partial charge in [-0.1, -0.05) is 25.7 Å². The second-order valence-corrected chi connectivity index (χ2v) is 5.07. The van der Waals surface area contributed by atoms with E-state index in [2.05, 4.69) is 9.97 Å². The van der Waals surface area contributed by atoms with Gasteiger partial charge in [0.1, 0.15) is 5.82 Å². The molecule has 15 heavy (non-hydrogen) atoms. The summed E-state index contributed by atoms with van der Waals surface area (Å²) in [5.74, 6) is 1.72. The SMILES string of the molecule is ClC(Cc1ncc[nH]1)C1CCCCCC1. The molecule has 1 aliphatic rings. The minimum absolute atomic E-state index is 0.259. The van der Waals surface area contributed by atoms with E-state index in [4.69, 9.17) is 11.6 Å². The zero-order valence-corrected chi connectivity index (χ0v) is 9.84. The van der Waals surface area contributed by atoms with Gasteiger partial charge in [0, 0.05) is 24.2 Å². The lowest BCUT2D eigenvalue weighted by Gasteiger charge is -2.19. The summed E-state index contributed by atoms with van der Waals surface area (Å²) in [5.41, 5.74) is 0. The van der Waals surface area contributed by atoms with Gasteiger partial charge in [-0.2, -0.15) is 0 Å². The van der Waals surface area contributed by atoms with Crippen LogP contribution in [0.2, 0.25) is 0 Å². The highest BCUT2D eigenvalue weighted by Gasteiger charge is 2.21. The number of aromatic nitrogens is 2. The van der Waals surface area contributed by atoms with Crippen molar-refractivity contribution in [2.75, 3.05) is 0 Å². The Kier molecular flexibility index (Phi) is 4.07. The Balaban J connectivity index is 1.86. The molecule has 1 N–H and O–H groups in total. The number of hydrogen-bond acceptors (Lipinski definition) is 1. The molecule has 2 nitrogen and oxygen atoms in total. The van der Waals surface area contributed by atoms with Crippen LogP contribution in [0.15, 0.2) is 12.4 Å². The van der Waals surface area contributed by atoms with Gasteiger partial charge in [-0.3, -0.25) is 0 Å². The van der Waals surface area contributed by atoms with E-state index in [1.54, 1.807) is 6.20 Å². The predicted octanol–water partition coefficient (Wildman–Crippen LogP) is 3.53. The van der Waals surface area contributed by atoms with E-state index < -0.39 is 0 Å². The Hall–Kier alpha value is -0.500. The Morgan fingerprint density at radius 2 is 2.07 bits per heavy atom. The Morgan fingerprint density at radius 1 is 1.33 bits per heavy atom. The van der Waals surface area contributed by atoms with Gasteiger partial charge in [-0.15, -0.1) is 11.6 Å². The fraction of sp³-hybridized carbons (Fsp3) is 0.750. The van der Waals surface area contributed by atoms with Crippen molar-refractivity contribution >= 4 is 11.6 Å². The second-order valence-electron chi connectivity index (χ2n) is 4.51. The van der Waals surface area contributed by atoms with Gasteiger partial charge in [0.25, 0.3) is 0 Å². The van der Waals surface area contributed by atoms with Gasteiger partial charge in [0.15, 0.2) is 0 Å². The van der Waals surface area contributed by atoms with Crippen LogP contribution in [0.1, 0.15) is 44.3 Å². The summed E-state index contributed by atoms with van der Waals surface area (Å²) in [7, 11) is 0. The maximum absolute atomic E-state index is 6.46. The van der Waals surface area contributed by atoms with Crippen LogP contribution in [-0.2, 0) is 6.42 Å². The minimum atomic E-state index is 0.259. The van der Waals surface area contributed by atoms with Crippen molar-refractivity contribution in [3.63, 3.8) is 0 Å². The number of halogens is 1. The Morgan fingerprint density at radius 3 is 2.67 bits per heavy atom. The van der Waals surface area contributed by atoms with Gasteiger partial charge in [0.05, 0.1) is 0 Å². The molecule has 3 heteroatoms. The van der Waals surface area contributed by atoms with Gasteiger partial charge < -0.3 is 4.98 Å². The van der Waals surface area contributed by atoms with Crippen LogP contribution in [0.25, 0.3) is 0 Å². The van der Waals surface area contributed by atoms with E-state index >= 15 is 0 Å². The van der Waals surface area contributed by atoms with Crippen LogP contribution in [0.3, 0.4) is 0 Å². The molecule has 1 heterocycles. The first-order chi connectivity index (χ1) is 7.36. The highest BCUT2D eigenvalue weighted by molar-refractivity contribution is 6.20. The van der Waals surface area contributed by atoms with Crippen molar-refractivity contribution < 1.29 is 0 Å². The molecule has 2 rings (SSSR count). The molecule has 0 amide bonds. The molecule has 0 spiro atoms. The molecule has 0 bridgehead atoms. The zero-order valence-electron chi connectivity index (χ0n) is 9.08. The maximum atomic E-state index is 6.46. The van der Waals surface area contributed by atoms with Crippen LogP contribution in [0, 0.1) is 5.92 Å². The number of alkyl halides is 1. The third kappa shape index (κ3) is 3.23. The van der Waals surface area contributed by atoms with Gasteiger partial charge in [-0.25, -0.2) is 4.98 Å². The number of H-pyrrole nitrogens is 1.